The van der Waals surface area contributed by atoms with Crippen molar-refractivity contribution in [3.05, 3.63) is 90.3 Å². The van der Waals surface area contributed by atoms with E-state index in [9.17, 15) is 4.79 Å². The van der Waals surface area contributed by atoms with Crippen LogP contribution in [0.1, 0.15) is 16.1 Å². The number of fused-ring (bicyclic) bond motifs is 2. The van der Waals surface area contributed by atoms with E-state index in [0.29, 0.717) is 29.3 Å². The predicted octanol–water partition coefficient (Wildman–Crippen LogP) is 4.41. The molecule has 29 heavy (non-hydrogen) atoms. The van der Waals surface area contributed by atoms with Crippen molar-refractivity contribution in [3.8, 4) is 11.5 Å². The molecule has 1 amide bonds. The van der Waals surface area contributed by atoms with Crippen molar-refractivity contribution in [2.45, 2.75) is 6.54 Å². The molecular formula is C23H18N4O2. The van der Waals surface area contributed by atoms with E-state index >= 15 is 0 Å². The molecule has 0 radical (unpaired) electrons. The lowest BCUT2D eigenvalue weighted by molar-refractivity contribution is 0.0778. The highest BCUT2D eigenvalue weighted by Gasteiger charge is 2.17. The fourth-order valence-corrected chi connectivity index (χ4v) is 3.39. The van der Waals surface area contributed by atoms with Crippen molar-refractivity contribution in [3.63, 3.8) is 0 Å². The highest BCUT2D eigenvalue weighted by molar-refractivity contribution is 5.92. The topological polar surface area (TPSA) is 63.6 Å². The molecule has 0 saturated carbocycles. The zero-order valence-corrected chi connectivity index (χ0v) is 15.8. The Hall–Kier alpha value is -3.93. The van der Waals surface area contributed by atoms with Gasteiger partial charge in [0.25, 0.3) is 5.91 Å². The maximum absolute atomic E-state index is 12.9. The van der Waals surface area contributed by atoms with Crippen molar-refractivity contribution in [2.24, 2.45) is 0 Å². The van der Waals surface area contributed by atoms with Gasteiger partial charge in [-0.15, -0.1) is 0 Å². The second-order valence-electron chi connectivity index (χ2n) is 6.93. The number of para-hydroxylation sites is 1. The number of aromatic nitrogens is 3. The lowest BCUT2D eigenvalue weighted by atomic mass is 10.2. The van der Waals surface area contributed by atoms with Gasteiger partial charge in [0.15, 0.2) is 11.4 Å². The zero-order chi connectivity index (χ0) is 19.8. The quantitative estimate of drug-likeness (QED) is 0.462. The summed E-state index contributed by atoms with van der Waals surface area (Å²) in [5.41, 5.74) is 3.58. The number of hydrogen-bond donors (Lipinski definition) is 0. The van der Waals surface area contributed by atoms with Crippen LogP contribution in [-0.4, -0.2) is 32.5 Å². The van der Waals surface area contributed by atoms with Crippen LogP contribution in [-0.2, 0) is 6.54 Å². The molecule has 0 saturated heterocycles. The number of nitrogens with zero attached hydrogens (tertiary/aromatic N) is 4. The predicted molar refractivity (Wildman–Crippen MR) is 110 cm³/mol. The first-order chi connectivity index (χ1) is 14.2. The second kappa shape index (κ2) is 6.91. The summed E-state index contributed by atoms with van der Waals surface area (Å²) in [4.78, 5) is 19.0. The van der Waals surface area contributed by atoms with Crippen LogP contribution in [0, 0.1) is 0 Å². The Morgan fingerprint density at radius 1 is 1.03 bits per heavy atom. The molecule has 0 aliphatic rings. The van der Waals surface area contributed by atoms with Gasteiger partial charge in [0.2, 0.25) is 0 Å². The van der Waals surface area contributed by atoms with Gasteiger partial charge >= 0.3 is 0 Å². The van der Waals surface area contributed by atoms with Crippen LogP contribution in [0.2, 0.25) is 0 Å². The molecule has 0 aliphatic heterocycles. The van der Waals surface area contributed by atoms with Gasteiger partial charge in [0.1, 0.15) is 17.0 Å². The number of amides is 1. The second-order valence-corrected chi connectivity index (χ2v) is 6.93. The van der Waals surface area contributed by atoms with E-state index in [4.69, 9.17) is 4.42 Å². The molecule has 0 unspecified atom stereocenters. The molecule has 6 nitrogen and oxygen atoms in total. The summed E-state index contributed by atoms with van der Waals surface area (Å²) >= 11 is 0. The van der Waals surface area contributed by atoms with Gasteiger partial charge in [-0.2, -0.15) is 5.10 Å². The minimum atomic E-state index is -0.153. The summed E-state index contributed by atoms with van der Waals surface area (Å²) in [5.74, 6) is 0.508. The van der Waals surface area contributed by atoms with E-state index in [-0.39, 0.29) is 5.91 Å². The highest BCUT2D eigenvalue weighted by atomic mass is 16.3. The molecule has 3 heterocycles. The molecule has 2 aromatic carbocycles. The first-order valence-corrected chi connectivity index (χ1v) is 9.32. The van der Waals surface area contributed by atoms with E-state index in [1.54, 1.807) is 34.8 Å². The summed E-state index contributed by atoms with van der Waals surface area (Å²) < 4.78 is 7.61. The first kappa shape index (κ1) is 17.2. The van der Waals surface area contributed by atoms with E-state index in [2.05, 4.69) is 10.1 Å². The van der Waals surface area contributed by atoms with Crippen LogP contribution >= 0.6 is 0 Å². The SMILES string of the molecule is CN(Cc1ccccc1)C(=O)c1ccc2ncc(-c3cc4ccccc4o3)n2n1. The summed E-state index contributed by atoms with van der Waals surface area (Å²) in [6.07, 6.45) is 1.71. The monoisotopic (exact) mass is 382 g/mol. The van der Waals surface area contributed by atoms with Gasteiger partial charge in [0.05, 0.1) is 6.20 Å². The largest absolute Gasteiger partial charge is 0.454 e. The molecule has 0 bridgehead atoms. The summed E-state index contributed by atoms with van der Waals surface area (Å²) in [6.45, 7) is 0.514. The van der Waals surface area contributed by atoms with Crippen LogP contribution in [0.3, 0.4) is 0 Å². The average molecular weight is 382 g/mol. The molecule has 3 aromatic heterocycles. The Morgan fingerprint density at radius 3 is 2.66 bits per heavy atom. The Morgan fingerprint density at radius 2 is 1.83 bits per heavy atom. The summed E-state index contributed by atoms with van der Waals surface area (Å²) in [6, 6.07) is 23.1. The number of hydrogen-bond acceptors (Lipinski definition) is 4. The van der Waals surface area contributed by atoms with Crippen LogP contribution in [0.5, 0.6) is 0 Å². The van der Waals surface area contributed by atoms with Crippen molar-refractivity contribution >= 4 is 22.5 Å². The Labute approximate surface area is 167 Å². The van der Waals surface area contributed by atoms with Gasteiger partial charge in [-0.05, 0) is 29.8 Å². The maximum atomic E-state index is 12.9. The van der Waals surface area contributed by atoms with E-state index in [1.807, 2.05) is 60.7 Å². The van der Waals surface area contributed by atoms with Crippen LogP contribution < -0.4 is 0 Å². The van der Waals surface area contributed by atoms with Gasteiger partial charge in [-0.3, -0.25) is 4.79 Å². The number of furan rings is 1. The van der Waals surface area contributed by atoms with E-state index in [1.165, 1.54) is 0 Å². The highest BCUT2D eigenvalue weighted by Crippen LogP contribution is 2.28. The van der Waals surface area contributed by atoms with Crippen LogP contribution in [0.15, 0.2) is 83.4 Å². The molecule has 0 N–H and O–H groups in total. The first-order valence-electron chi connectivity index (χ1n) is 9.32. The molecule has 0 fully saturated rings. The van der Waals surface area contributed by atoms with Gasteiger partial charge < -0.3 is 9.32 Å². The summed E-state index contributed by atoms with van der Waals surface area (Å²) in [5, 5.41) is 5.55. The molecular weight excluding hydrogens is 364 g/mol. The Balaban J connectivity index is 1.49. The van der Waals surface area contributed by atoms with Crippen molar-refractivity contribution in [1.82, 2.24) is 19.5 Å². The third-order valence-corrected chi connectivity index (χ3v) is 4.87. The van der Waals surface area contributed by atoms with Gasteiger partial charge in [-0.1, -0.05) is 48.5 Å². The fraction of sp³-hybridized carbons (Fsp3) is 0.0870. The number of imidazole rings is 1. The molecule has 5 rings (SSSR count). The maximum Gasteiger partial charge on any atom is 0.274 e. The standard InChI is InChI=1S/C23H18N4O2/c1-26(15-16-7-3-2-4-8-16)23(28)18-11-12-22-24-14-19(27(22)25-18)21-13-17-9-5-6-10-20(17)29-21/h2-14H,15H2,1H3. The number of carbonyl (C=O) groups excluding carboxylic acids is 1. The van der Waals surface area contributed by atoms with Crippen molar-refractivity contribution in [1.29, 1.82) is 0 Å². The molecule has 142 valence electrons. The van der Waals surface area contributed by atoms with Crippen molar-refractivity contribution < 1.29 is 9.21 Å². The average Bonchev–Trinajstić information content (AvgIpc) is 3.37. The zero-order valence-electron chi connectivity index (χ0n) is 15.8. The number of rotatable bonds is 4. The van der Waals surface area contributed by atoms with Crippen LogP contribution in [0.4, 0.5) is 0 Å². The molecule has 0 aliphatic carbocycles. The third-order valence-electron chi connectivity index (χ3n) is 4.87. The normalized spacial score (nSPS) is 11.2. The third kappa shape index (κ3) is 3.14. The lowest BCUT2D eigenvalue weighted by Crippen LogP contribution is -2.27. The van der Waals surface area contributed by atoms with E-state index in [0.717, 1.165) is 16.5 Å². The molecule has 6 heteroatoms. The molecule has 5 aromatic rings. The van der Waals surface area contributed by atoms with Crippen molar-refractivity contribution in [2.75, 3.05) is 7.05 Å². The fourth-order valence-electron chi connectivity index (χ4n) is 3.39. The lowest BCUT2D eigenvalue weighted by Gasteiger charge is -2.16. The minimum Gasteiger partial charge on any atom is -0.454 e. The molecule has 0 atom stereocenters. The summed E-state index contributed by atoms with van der Waals surface area (Å²) in [7, 11) is 1.77. The number of benzene rings is 2. The van der Waals surface area contributed by atoms with Crippen LogP contribution in [0.25, 0.3) is 28.1 Å². The minimum absolute atomic E-state index is 0.153. The smallest absolute Gasteiger partial charge is 0.274 e. The Bertz CT molecular complexity index is 1290. The van der Waals surface area contributed by atoms with Gasteiger partial charge in [-0.25, -0.2) is 9.50 Å². The van der Waals surface area contributed by atoms with Gasteiger partial charge in [0, 0.05) is 19.0 Å². The molecule has 0 spiro atoms. The Kier molecular flexibility index (Phi) is 4.09. The number of carbonyl (C=O) groups is 1. The van der Waals surface area contributed by atoms with E-state index < -0.39 is 0 Å².